The third-order valence-electron chi connectivity index (χ3n) is 10.1. The molecule has 0 bridgehead atoms. The van der Waals surface area contributed by atoms with Crippen LogP contribution < -0.4 is 21.3 Å². The lowest BCUT2D eigenvalue weighted by atomic mass is 9.85. The van der Waals surface area contributed by atoms with Crippen LogP contribution in [0.4, 0.5) is 11.5 Å². The van der Waals surface area contributed by atoms with Crippen molar-refractivity contribution < 1.29 is 24.6 Å². The predicted octanol–water partition coefficient (Wildman–Crippen LogP) is 4.76. The number of hydrogen-bond donors (Lipinski definition) is 5. The summed E-state index contributed by atoms with van der Waals surface area (Å²) in [5.74, 6) is -0.807. The number of aromatic nitrogens is 3. The third kappa shape index (κ3) is 8.55. The molecule has 2 aliphatic heterocycles. The molecular formula is C40H48N8O5S. The third-order valence-corrected chi connectivity index (χ3v) is 11.1. The van der Waals surface area contributed by atoms with Gasteiger partial charge in [0.15, 0.2) is 5.82 Å². The van der Waals surface area contributed by atoms with E-state index in [1.165, 1.54) is 4.90 Å². The second-order valence-corrected chi connectivity index (χ2v) is 16.0. The Hall–Kier alpha value is -5.34. The number of aliphatic hydroxyl groups is 1. The minimum Gasteiger partial charge on any atom is -0.507 e. The Balaban J connectivity index is 1.09. The van der Waals surface area contributed by atoms with E-state index in [9.17, 15) is 24.6 Å². The van der Waals surface area contributed by atoms with Gasteiger partial charge in [-0.25, -0.2) is 4.98 Å². The Morgan fingerprint density at radius 1 is 1.04 bits per heavy atom. The molecule has 3 amide bonds. The molecular weight excluding hydrogens is 705 g/mol. The van der Waals surface area contributed by atoms with E-state index in [1.807, 2.05) is 76.5 Å². The minimum atomic E-state index is -0.946. The summed E-state index contributed by atoms with van der Waals surface area (Å²) in [6, 6.07) is 14.5. The number of carbonyl (C=O) groups is 3. The van der Waals surface area contributed by atoms with E-state index in [0.717, 1.165) is 27.3 Å². The van der Waals surface area contributed by atoms with Gasteiger partial charge in [-0.3, -0.25) is 14.4 Å². The van der Waals surface area contributed by atoms with Crippen molar-refractivity contribution in [2.75, 3.05) is 30.3 Å². The number of carbonyl (C=O) groups excluding carboxylic acids is 3. The second-order valence-electron chi connectivity index (χ2n) is 15.1. The van der Waals surface area contributed by atoms with Crippen LogP contribution in [0.15, 0.2) is 71.8 Å². The molecule has 0 aliphatic carbocycles. The number of aliphatic hydroxyl groups excluding tert-OH is 1. The maximum Gasteiger partial charge on any atom is 0.246 e. The van der Waals surface area contributed by atoms with Gasteiger partial charge in [0.1, 0.15) is 17.8 Å². The van der Waals surface area contributed by atoms with Gasteiger partial charge in [0, 0.05) is 37.7 Å². The number of phenolic OH excluding ortho intramolecular Hbond substituents is 1. The molecule has 14 heteroatoms. The molecule has 6 N–H and O–H groups in total. The first-order valence-electron chi connectivity index (χ1n) is 18.2. The fourth-order valence-corrected chi connectivity index (χ4v) is 7.84. The molecule has 6 rings (SSSR count). The van der Waals surface area contributed by atoms with E-state index in [2.05, 4.69) is 30.7 Å². The number of aromatic hydroxyl groups is 1. The molecule has 2 aromatic carbocycles. The monoisotopic (exact) mass is 752 g/mol. The molecule has 0 spiro atoms. The van der Waals surface area contributed by atoms with E-state index in [1.54, 1.807) is 35.6 Å². The van der Waals surface area contributed by atoms with Crippen molar-refractivity contribution in [3.63, 3.8) is 0 Å². The molecule has 284 valence electrons. The summed E-state index contributed by atoms with van der Waals surface area (Å²) >= 11 is 1.58. The van der Waals surface area contributed by atoms with Gasteiger partial charge in [0.05, 0.1) is 39.6 Å². The van der Waals surface area contributed by atoms with Gasteiger partial charge in [-0.1, -0.05) is 62.7 Å². The van der Waals surface area contributed by atoms with Crippen LogP contribution in [0, 0.1) is 12.3 Å². The average Bonchev–Trinajstić information content (AvgIpc) is 3.76. The number of aryl methyl sites for hydroxylation is 1. The average molecular weight is 753 g/mol. The summed E-state index contributed by atoms with van der Waals surface area (Å²) < 4.78 is 0. The zero-order valence-electron chi connectivity index (χ0n) is 31.2. The van der Waals surface area contributed by atoms with Crippen molar-refractivity contribution >= 4 is 40.6 Å². The standard InChI is InChI=1S/C40H48N8O5S/c1-23(26-10-12-27(13-11-26)35-24(2)42-22-54-35)43-38(52)32-19-28(49)21-48(32)39(53)36(40(3,4)5)44-34(51)18-25-14-16-47(17-15-25)31-20-30(45-46-37(31)41)29-8-6-7-9-33(29)50/h6-13,18,20,22-23,28,32,36,49-50H,14-17,19,21H2,1-5H3,(H2,41,46)(H,43,52)(H,44,51)/t23?,28-,32+,36-/m1/s1. The number of anilines is 2. The smallest absolute Gasteiger partial charge is 0.246 e. The van der Waals surface area contributed by atoms with Crippen LogP contribution in [0.2, 0.25) is 0 Å². The lowest BCUT2D eigenvalue weighted by Crippen LogP contribution is -2.57. The first-order chi connectivity index (χ1) is 25.7. The highest BCUT2D eigenvalue weighted by Gasteiger charge is 2.44. The van der Waals surface area contributed by atoms with Crippen LogP contribution in [-0.4, -0.2) is 85.8 Å². The molecule has 54 heavy (non-hydrogen) atoms. The van der Waals surface area contributed by atoms with E-state index in [0.29, 0.717) is 42.9 Å². The van der Waals surface area contributed by atoms with Crippen molar-refractivity contribution in [3.8, 4) is 27.4 Å². The quantitative estimate of drug-likeness (QED) is 0.149. The van der Waals surface area contributed by atoms with E-state index in [4.69, 9.17) is 5.73 Å². The van der Waals surface area contributed by atoms with E-state index >= 15 is 0 Å². The number of likely N-dealkylation sites (tertiary alicyclic amines) is 1. The Morgan fingerprint density at radius 2 is 1.74 bits per heavy atom. The highest BCUT2D eigenvalue weighted by Crippen LogP contribution is 2.34. The lowest BCUT2D eigenvalue weighted by Gasteiger charge is -2.35. The fraction of sp³-hybridized carbons (Fsp3) is 0.400. The van der Waals surface area contributed by atoms with Crippen LogP contribution in [0.5, 0.6) is 5.75 Å². The molecule has 13 nitrogen and oxygen atoms in total. The Morgan fingerprint density at radius 3 is 2.39 bits per heavy atom. The Bertz CT molecular complexity index is 2030. The summed E-state index contributed by atoms with van der Waals surface area (Å²) in [4.78, 5) is 50.2. The molecule has 4 atom stereocenters. The van der Waals surface area contributed by atoms with Crippen LogP contribution in [-0.2, 0) is 14.4 Å². The molecule has 0 saturated carbocycles. The fourth-order valence-electron chi connectivity index (χ4n) is 7.03. The summed E-state index contributed by atoms with van der Waals surface area (Å²) in [6.07, 6.45) is 1.95. The van der Waals surface area contributed by atoms with Crippen molar-refractivity contribution in [2.45, 2.75) is 78.1 Å². The maximum atomic E-state index is 14.1. The molecule has 4 aromatic rings. The topological polar surface area (TPSA) is 187 Å². The lowest BCUT2D eigenvalue weighted by molar-refractivity contribution is -0.143. The van der Waals surface area contributed by atoms with Gasteiger partial charge < -0.3 is 36.4 Å². The van der Waals surface area contributed by atoms with Crippen molar-refractivity contribution in [2.24, 2.45) is 5.41 Å². The second kappa shape index (κ2) is 15.9. The molecule has 4 heterocycles. The number of nitrogens with two attached hydrogens (primary N) is 1. The first-order valence-corrected chi connectivity index (χ1v) is 19.0. The van der Waals surface area contributed by atoms with Crippen LogP contribution >= 0.6 is 11.3 Å². The maximum absolute atomic E-state index is 14.1. The highest BCUT2D eigenvalue weighted by atomic mass is 32.1. The summed E-state index contributed by atoms with van der Waals surface area (Å²) in [5.41, 5.74) is 12.9. The largest absolute Gasteiger partial charge is 0.507 e. The van der Waals surface area contributed by atoms with E-state index < -0.39 is 35.4 Å². The Kier molecular flexibility index (Phi) is 11.3. The van der Waals surface area contributed by atoms with Crippen LogP contribution in [0.3, 0.4) is 0 Å². The number of para-hydroxylation sites is 1. The van der Waals surface area contributed by atoms with Crippen molar-refractivity contribution in [1.29, 1.82) is 0 Å². The number of benzene rings is 2. The number of nitrogens with one attached hydrogen (secondary N) is 2. The summed E-state index contributed by atoms with van der Waals surface area (Å²) in [6.45, 7) is 10.6. The molecule has 2 aromatic heterocycles. The molecule has 1 unspecified atom stereocenters. The van der Waals surface area contributed by atoms with Crippen molar-refractivity contribution in [1.82, 2.24) is 30.7 Å². The summed E-state index contributed by atoms with van der Waals surface area (Å²) in [5, 5.41) is 35.2. The zero-order chi connectivity index (χ0) is 38.7. The van der Waals surface area contributed by atoms with Gasteiger partial charge in [-0.15, -0.1) is 21.5 Å². The SMILES string of the molecule is Cc1ncsc1-c1ccc(C(C)NC(=O)[C@@H]2C[C@@H](O)CN2C(=O)[C@@H](NC(=O)C=C2CCN(c3cc(-c4ccccc4O)nnc3N)CC2)C(C)(C)C)cc1. The number of nitrogen functional groups attached to an aromatic ring is 1. The number of piperidine rings is 1. The van der Waals surface area contributed by atoms with Crippen LogP contribution in [0.1, 0.15) is 64.3 Å². The van der Waals surface area contributed by atoms with Gasteiger partial charge >= 0.3 is 0 Å². The normalized spacial score (nSPS) is 18.6. The van der Waals surface area contributed by atoms with Gasteiger partial charge in [0.25, 0.3) is 0 Å². The predicted molar refractivity (Wildman–Crippen MR) is 209 cm³/mol. The number of rotatable bonds is 9. The highest BCUT2D eigenvalue weighted by molar-refractivity contribution is 7.13. The molecule has 2 saturated heterocycles. The zero-order valence-corrected chi connectivity index (χ0v) is 32.1. The minimum absolute atomic E-state index is 0.00777. The number of amides is 3. The van der Waals surface area contributed by atoms with Gasteiger partial charge in [0.2, 0.25) is 17.7 Å². The molecule has 2 aliphatic rings. The number of thiazole rings is 1. The van der Waals surface area contributed by atoms with Gasteiger partial charge in [-0.05, 0) is 61.4 Å². The number of phenols is 1. The first kappa shape index (κ1) is 38.4. The molecule has 0 radical (unpaired) electrons. The molecule has 2 fully saturated rings. The number of β-amino-alcohol motifs (C(OH)–C–C–N with tert-alkyl or cyclic N) is 1. The van der Waals surface area contributed by atoms with Crippen LogP contribution in [0.25, 0.3) is 21.7 Å². The van der Waals surface area contributed by atoms with Crippen molar-refractivity contribution in [3.05, 3.63) is 83.0 Å². The van der Waals surface area contributed by atoms with E-state index in [-0.39, 0.29) is 36.5 Å². The number of hydrogen-bond acceptors (Lipinski definition) is 11. The number of nitrogens with zero attached hydrogens (tertiary/aromatic N) is 5. The Labute approximate surface area is 319 Å². The van der Waals surface area contributed by atoms with Gasteiger partial charge in [-0.2, -0.15) is 0 Å². The summed E-state index contributed by atoms with van der Waals surface area (Å²) in [7, 11) is 0.